The van der Waals surface area contributed by atoms with Crippen molar-refractivity contribution in [3.8, 4) is 0 Å². The Labute approximate surface area is 132 Å². The first-order valence-corrected chi connectivity index (χ1v) is 8.31. The summed E-state index contributed by atoms with van der Waals surface area (Å²) in [6.07, 6.45) is 7.99. The Hall–Kier alpha value is -1.65. The van der Waals surface area contributed by atoms with Crippen molar-refractivity contribution in [3.63, 3.8) is 0 Å². The molecule has 1 heterocycles. The van der Waals surface area contributed by atoms with Crippen molar-refractivity contribution in [2.75, 3.05) is 13.1 Å². The second-order valence-electron chi connectivity index (χ2n) is 6.04. The number of rotatable bonds is 6. The van der Waals surface area contributed by atoms with Crippen LogP contribution in [0.3, 0.4) is 0 Å². The van der Waals surface area contributed by atoms with Crippen molar-refractivity contribution in [1.29, 1.82) is 0 Å². The van der Waals surface area contributed by atoms with Gasteiger partial charge in [-0.2, -0.15) is 0 Å². The molecule has 0 amide bonds. The highest BCUT2D eigenvalue weighted by atomic mass is 19.1. The largest absolute Gasteiger partial charge is 0.357 e. The summed E-state index contributed by atoms with van der Waals surface area (Å²) in [6, 6.07) is 3.01. The molecule has 122 valence electrons. The van der Waals surface area contributed by atoms with E-state index in [0.717, 1.165) is 19.0 Å². The van der Waals surface area contributed by atoms with Gasteiger partial charge in [-0.05, 0) is 43.7 Å². The minimum atomic E-state index is -0.303. The Morgan fingerprint density at radius 2 is 2.09 bits per heavy atom. The Kier molecular flexibility index (Phi) is 6.16. The smallest absolute Gasteiger partial charge is 0.191 e. The molecular formula is C17H27FN4. The van der Waals surface area contributed by atoms with Gasteiger partial charge in [0.25, 0.3) is 0 Å². The lowest BCUT2D eigenvalue weighted by Crippen LogP contribution is -2.42. The minimum Gasteiger partial charge on any atom is -0.357 e. The first-order valence-electron chi connectivity index (χ1n) is 8.31. The molecule has 0 aromatic carbocycles. The van der Waals surface area contributed by atoms with Gasteiger partial charge in [-0.25, -0.2) is 9.38 Å². The maximum absolute atomic E-state index is 13.6. The van der Waals surface area contributed by atoms with Gasteiger partial charge in [0.2, 0.25) is 0 Å². The fourth-order valence-corrected chi connectivity index (χ4v) is 3.08. The summed E-state index contributed by atoms with van der Waals surface area (Å²) in [6.45, 7) is 6.26. The lowest BCUT2D eigenvalue weighted by molar-refractivity contribution is 0.283. The van der Waals surface area contributed by atoms with Crippen LogP contribution in [0.1, 0.15) is 51.6 Å². The lowest BCUT2D eigenvalue weighted by atomic mass is 9.83. The zero-order valence-corrected chi connectivity index (χ0v) is 13.7. The predicted molar refractivity (Wildman–Crippen MR) is 88.2 cm³/mol. The standard InChI is InChI=1S/C17H27FN4/c1-3-17(9-5-6-10-17)13-22-16(19-4-2)21-12-15-14(18)8-7-11-20-15/h7-8,11H,3-6,9-10,12-13H2,1-2H3,(H2,19,21,22). The maximum atomic E-state index is 13.6. The summed E-state index contributed by atoms with van der Waals surface area (Å²) in [5.74, 6) is 0.440. The number of hydrogen-bond acceptors (Lipinski definition) is 2. The van der Waals surface area contributed by atoms with Crippen LogP contribution in [0.15, 0.2) is 23.3 Å². The van der Waals surface area contributed by atoms with Crippen molar-refractivity contribution < 1.29 is 4.39 Å². The van der Waals surface area contributed by atoms with Gasteiger partial charge in [0.1, 0.15) is 5.82 Å². The SMILES string of the molecule is CCNC(=NCc1ncccc1F)NCC1(CC)CCCC1. The molecule has 0 aliphatic heterocycles. The number of aromatic nitrogens is 1. The Morgan fingerprint density at radius 3 is 2.73 bits per heavy atom. The van der Waals surface area contributed by atoms with Gasteiger partial charge in [0.15, 0.2) is 5.96 Å². The predicted octanol–water partition coefficient (Wildman–Crippen LogP) is 3.25. The Balaban J connectivity index is 1.97. The van der Waals surface area contributed by atoms with E-state index in [-0.39, 0.29) is 12.4 Å². The molecule has 0 unspecified atom stereocenters. The summed E-state index contributed by atoms with van der Waals surface area (Å²) in [7, 11) is 0. The van der Waals surface area contributed by atoms with Crippen LogP contribution in [0.2, 0.25) is 0 Å². The molecule has 2 rings (SSSR count). The molecule has 1 aliphatic rings. The van der Waals surface area contributed by atoms with Crippen LogP contribution in [0, 0.1) is 11.2 Å². The highest BCUT2D eigenvalue weighted by Crippen LogP contribution is 2.40. The van der Waals surface area contributed by atoms with Gasteiger partial charge in [-0.15, -0.1) is 0 Å². The van der Waals surface area contributed by atoms with Crippen LogP contribution < -0.4 is 10.6 Å². The van der Waals surface area contributed by atoms with Crippen LogP contribution in [0.25, 0.3) is 0 Å². The zero-order chi connectivity index (χ0) is 15.8. The zero-order valence-electron chi connectivity index (χ0n) is 13.7. The molecule has 1 aliphatic carbocycles. The van der Waals surface area contributed by atoms with Gasteiger partial charge in [-0.3, -0.25) is 4.98 Å². The molecule has 2 N–H and O–H groups in total. The third-order valence-corrected chi connectivity index (χ3v) is 4.61. The van der Waals surface area contributed by atoms with Crippen molar-refractivity contribution in [2.24, 2.45) is 10.4 Å². The molecule has 0 atom stereocenters. The van der Waals surface area contributed by atoms with Crippen LogP contribution >= 0.6 is 0 Å². The number of halogens is 1. The topological polar surface area (TPSA) is 49.3 Å². The van der Waals surface area contributed by atoms with Crippen LogP contribution in [0.5, 0.6) is 0 Å². The third kappa shape index (κ3) is 4.42. The van der Waals surface area contributed by atoms with Crippen LogP contribution in [-0.4, -0.2) is 24.0 Å². The summed E-state index contributed by atoms with van der Waals surface area (Å²) in [5.41, 5.74) is 0.776. The maximum Gasteiger partial charge on any atom is 0.191 e. The minimum absolute atomic E-state index is 0.251. The van der Waals surface area contributed by atoms with Crippen LogP contribution in [0.4, 0.5) is 4.39 Å². The van der Waals surface area contributed by atoms with Gasteiger partial charge in [0.05, 0.1) is 12.2 Å². The number of nitrogens with zero attached hydrogens (tertiary/aromatic N) is 2. The van der Waals surface area contributed by atoms with E-state index in [1.54, 1.807) is 12.3 Å². The van der Waals surface area contributed by atoms with Crippen molar-refractivity contribution in [2.45, 2.75) is 52.5 Å². The lowest BCUT2D eigenvalue weighted by Gasteiger charge is -2.28. The van der Waals surface area contributed by atoms with E-state index in [4.69, 9.17) is 0 Å². The first-order chi connectivity index (χ1) is 10.7. The molecule has 1 saturated carbocycles. The summed E-state index contributed by atoms with van der Waals surface area (Å²) < 4.78 is 13.6. The van der Waals surface area contributed by atoms with Crippen molar-refractivity contribution >= 4 is 5.96 Å². The van der Waals surface area contributed by atoms with E-state index in [9.17, 15) is 4.39 Å². The van der Waals surface area contributed by atoms with E-state index >= 15 is 0 Å². The van der Waals surface area contributed by atoms with E-state index in [0.29, 0.717) is 11.1 Å². The average Bonchev–Trinajstić information content (AvgIpc) is 3.01. The van der Waals surface area contributed by atoms with E-state index in [1.807, 2.05) is 6.92 Å². The van der Waals surface area contributed by atoms with Gasteiger partial charge in [0, 0.05) is 19.3 Å². The number of aliphatic imine (C=N–C) groups is 1. The van der Waals surface area contributed by atoms with Gasteiger partial charge >= 0.3 is 0 Å². The number of hydrogen-bond donors (Lipinski definition) is 2. The molecule has 1 aromatic rings. The third-order valence-electron chi connectivity index (χ3n) is 4.61. The number of guanidine groups is 1. The monoisotopic (exact) mass is 306 g/mol. The molecule has 1 fully saturated rings. The van der Waals surface area contributed by atoms with E-state index in [2.05, 4.69) is 27.5 Å². The van der Waals surface area contributed by atoms with Crippen LogP contribution in [-0.2, 0) is 6.54 Å². The molecule has 0 bridgehead atoms. The second kappa shape index (κ2) is 8.11. The first kappa shape index (κ1) is 16.7. The Bertz CT molecular complexity index is 495. The highest BCUT2D eigenvalue weighted by Gasteiger charge is 2.31. The molecule has 4 nitrogen and oxygen atoms in total. The fourth-order valence-electron chi connectivity index (χ4n) is 3.08. The highest BCUT2D eigenvalue weighted by molar-refractivity contribution is 5.79. The fraction of sp³-hybridized carbons (Fsp3) is 0.647. The molecule has 1 aromatic heterocycles. The number of nitrogens with one attached hydrogen (secondary N) is 2. The molecule has 0 spiro atoms. The molecule has 5 heteroatoms. The van der Waals surface area contributed by atoms with Crippen molar-refractivity contribution in [3.05, 3.63) is 29.8 Å². The molecule has 0 saturated heterocycles. The van der Waals surface area contributed by atoms with Gasteiger partial charge < -0.3 is 10.6 Å². The summed E-state index contributed by atoms with van der Waals surface area (Å²) in [4.78, 5) is 8.50. The summed E-state index contributed by atoms with van der Waals surface area (Å²) >= 11 is 0. The molecule has 0 radical (unpaired) electrons. The second-order valence-corrected chi connectivity index (χ2v) is 6.04. The average molecular weight is 306 g/mol. The molecule has 22 heavy (non-hydrogen) atoms. The normalized spacial score (nSPS) is 17.5. The van der Waals surface area contributed by atoms with E-state index in [1.165, 1.54) is 38.2 Å². The van der Waals surface area contributed by atoms with Crippen molar-refractivity contribution in [1.82, 2.24) is 15.6 Å². The Morgan fingerprint density at radius 1 is 1.32 bits per heavy atom. The van der Waals surface area contributed by atoms with E-state index < -0.39 is 0 Å². The summed E-state index contributed by atoms with van der Waals surface area (Å²) in [5, 5.41) is 6.66. The quantitative estimate of drug-likeness (QED) is 0.626. The molecular weight excluding hydrogens is 279 g/mol. The van der Waals surface area contributed by atoms with Gasteiger partial charge in [-0.1, -0.05) is 19.8 Å². The number of pyridine rings is 1.